The fraction of sp³-hybridized carbons (Fsp3) is 0.474. The van der Waals surface area contributed by atoms with Crippen LogP contribution < -0.4 is 5.32 Å². The van der Waals surface area contributed by atoms with Crippen molar-refractivity contribution < 1.29 is 22.4 Å². The third-order valence-corrected chi connectivity index (χ3v) is 4.99. The van der Waals surface area contributed by atoms with E-state index in [1.807, 2.05) is 6.92 Å². The van der Waals surface area contributed by atoms with Crippen molar-refractivity contribution in [3.05, 3.63) is 47.5 Å². The number of nitrogens with zero attached hydrogens (tertiary/aromatic N) is 2. The monoisotopic (exact) mass is 383 g/mol. The standard InChI is InChI=1S/C19H21F4N3O/c1-2-17-16(11-24-26(17)15-8-6-13(20)7-9-15)18(27)25-14-5-3-4-12(10-14)19(21,22)23/h6-9,11-12,14H,2-5,10H2,1H3,(H,25,27). The topological polar surface area (TPSA) is 46.9 Å². The van der Waals surface area contributed by atoms with Crippen molar-refractivity contribution >= 4 is 5.91 Å². The van der Waals surface area contributed by atoms with E-state index in [9.17, 15) is 22.4 Å². The van der Waals surface area contributed by atoms with E-state index in [-0.39, 0.29) is 18.7 Å². The summed E-state index contributed by atoms with van der Waals surface area (Å²) in [6.45, 7) is 1.86. The molecule has 2 aromatic rings. The van der Waals surface area contributed by atoms with Crippen molar-refractivity contribution in [1.29, 1.82) is 0 Å². The van der Waals surface area contributed by atoms with Gasteiger partial charge in [0.15, 0.2) is 0 Å². The van der Waals surface area contributed by atoms with Crippen molar-refractivity contribution in [2.75, 3.05) is 0 Å². The van der Waals surface area contributed by atoms with Gasteiger partial charge in [-0.15, -0.1) is 0 Å². The minimum Gasteiger partial charge on any atom is -0.349 e. The van der Waals surface area contributed by atoms with Crippen LogP contribution in [0.15, 0.2) is 30.5 Å². The second-order valence-corrected chi connectivity index (χ2v) is 6.82. The number of hydrogen-bond donors (Lipinski definition) is 1. The maximum Gasteiger partial charge on any atom is 0.391 e. The second-order valence-electron chi connectivity index (χ2n) is 6.82. The lowest BCUT2D eigenvalue weighted by atomic mass is 9.85. The zero-order chi connectivity index (χ0) is 19.6. The van der Waals surface area contributed by atoms with Crippen LogP contribution in [0, 0.1) is 11.7 Å². The molecule has 3 rings (SSSR count). The fourth-order valence-corrected chi connectivity index (χ4v) is 3.59. The minimum atomic E-state index is -4.23. The Bertz CT molecular complexity index is 798. The van der Waals surface area contributed by atoms with Gasteiger partial charge in [0, 0.05) is 6.04 Å². The normalized spacial score (nSPS) is 20.5. The van der Waals surface area contributed by atoms with E-state index in [4.69, 9.17) is 0 Å². The zero-order valence-corrected chi connectivity index (χ0v) is 14.9. The number of halogens is 4. The average molecular weight is 383 g/mol. The molecular formula is C19H21F4N3O. The molecule has 2 atom stereocenters. The zero-order valence-electron chi connectivity index (χ0n) is 14.9. The Hall–Kier alpha value is -2.38. The number of aromatic nitrogens is 2. The molecule has 1 N–H and O–H groups in total. The molecule has 27 heavy (non-hydrogen) atoms. The molecule has 1 fully saturated rings. The summed E-state index contributed by atoms with van der Waals surface area (Å²) in [6, 6.07) is 5.21. The molecule has 4 nitrogen and oxygen atoms in total. The summed E-state index contributed by atoms with van der Waals surface area (Å²) in [6.07, 6.45) is -1.35. The first kappa shape index (κ1) is 19.4. The number of carbonyl (C=O) groups is 1. The maximum absolute atomic E-state index is 13.1. The van der Waals surface area contributed by atoms with Crippen molar-refractivity contribution in [2.45, 2.75) is 51.2 Å². The highest BCUT2D eigenvalue weighted by molar-refractivity contribution is 5.95. The summed E-state index contributed by atoms with van der Waals surface area (Å²) < 4.78 is 53.6. The third kappa shape index (κ3) is 4.31. The summed E-state index contributed by atoms with van der Waals surface area (Å²) in [5.41, 5.74) is 1.57. The minimum absolute atomic E-state index is 0.0944. The number of carbonyl (C=O) groups excluding carboxylic acids is 1. The van der Waals surface area contributed by atoms with Crippen molar-refractivity contribution in [1.82, 2.24) is 15.1 Å². The molecule has 1 aromatic carbocycles. The lowest BCUT2D eigenvalue weighted by Gasteiger charge is -2.31. The summed E-state index contributed by atoms with van der Waals surface area (Å²) in [4.78, 5) is 12.6. The second kappa shape index (κ2) is 7.70. The van der Waals surface area contributed by atoms with Crippen LogP contribution in [0.5, 0.6) is 0 Å². The SMILES string of the molecule is CCc1c(C(=O)NC2CCCC(C(F)(F)F)C2)cnn1-c1ccc(F)cc1. The van der Waals surface area contributed by atoms with E-state index in [0.29, 0.717) is 36.2 Å². The van der Waals surface area contributed by atoms with E-state index in [2.05, 4.69) is 10.4 Å². The van der Waals surface area contributed by atoms with Gasteiger partial charge in [0.1, 0.15) is 5.82 Å². The van der Waals surface area contributed by atoms with Gasteiger partial charge in [-0.25, -0.2) is 9.07 Å². The largest absolute Gasteiger partial charge is 0.391 e. The van der Waals surface area contributed by atoms with E-state index in [1.54, 1.807) is 16.8 Å². The lowest BCUT2D eigenvalue weighted by Crippen LogP contribution is -2.41. The number of benzene rings is 1. The molecule has 0 spiro atoms. The smallest absolute Gasteiger partial charge is 0.349 e. The molecule has 0 bridgehead atoms. The first-order valence-electron chi connectivity index (χ1n) is 9.00. The quantitative estimate of drug-likeness (QED) is 0.795. The summed E-state index contributed by atoms with van der Waals surface area (Å²) in [7, 11) is 0. The Morgan fingerprint density at radius 1 is 1.26 bits per heavy atom. The highest BCUT2D eigenvalue weighted by atomic mass is 19.4. The Morgan fingerprint density at radius 3 is 2.59 bits per heavy atom. The van der Waals surface area contributed by atoms with Crippen molar-refractivity contribution in [3.8, 4) is 5.69 Å². The molecule has 0 radical (unpaired) electrons. The number of nitrogens with one attached hydrogen (secondary N) is 1. The summed E-state index contributed by atoms with van der Waals surface area (Å²) in [5, 5.41) is 6.94. The molecule has 1 saturated carbocycles. The van der Waals surface area contributed by atoms with Gasteiger partial charge in [-0.2, -0.15) is 18.3 Å². The van der Waals surface area contributed by atoms with Crippen LogP contribution in [0.25, 0.3) is 5.69 Å². The fourth-order valence-electron chi connectivity index (χ4n) is 3.59. The molecule has 1 aromatic heterocycles. The van der Waals surface area contributed by atoms with Gasteiger partial charge in [0.2, 0.25) is 0 Å². The van der Waals surface area contributed by atoms with Gasteiger partial charge in [0.25, 0.3) is 5.91 Å². The van der Waals surface area contributed by atoms with Crippen molar-refractivity contribution in [2.24, 2.45) is 5.92 Å². The van der Waals surface area contributed by atoms with Gasteiger partial charge in [-0.05, 0) is 49.9 Å². The van der Waals surface area contributed by atoms with Crippen molar-refractivity contribution in [3.63, 3.8) is 0 Å². The molecule has 1 amide bonds. The van der Waals surface area contributed by atoms with E-state index in [1.165, 1.54) is 18.3 Å². The van der Waals surface area contributed by atoms with Crippen LogP contribution in [-0.4, -0.2) is 27.9 Å². The van der Waals surface area contributed by atoms with E-state index >= 15 is 0 Å². The number of rotatable bonds is 4. The van der Waals surface area contributed by atoms with Gasteiger partial charge in [-0.3, -0.25) is 4.79 Å². The van der Waals surface area contributed by atoms with E-state index < -0.39 is 24.0 Å². The summed E-state index contributed by atoms with van der Waals surface area (Å²) >= 11 is 0. The molecule has 0 aliphatic heterocycles. The Balaban J connectivity index is 1.76. The number of hydrogen-bond acceptors (Lipinski definition) is 2. The highest BCUT2D eigenvalue weighted by Crippen LogP contribution is 2.37. The van der Waals surface area contributed by atoms with Gasteiger partial charge in [-0.1, -0.05) is 13.3 Å². The van der Waals surface area contributed by atoms with Gasteiger partial charge in [0.05, 0.1) is 29.1 Å². The molecular weight excluding hydrogens is 362 g/mol. The molecule has 1 aliphatic rings. The molecule has 1 aliphatic carbocycles. The number of alkyl halides is 3. The van der Waals surface area contributed by atoms with Gasteiger partial charge < -0.3 is 5.32 Å². The Labute approximate surface area is 154 Å². The van der Waals surface area contributed by atoms with Crippen LogP contribution in [0.4, 0.5) is 17.6 Å². The van der Waals surface area contributed by atoms with Crippen LogP contribution in [-0.2, 0) is 6.42 Å². The first-order chi connectivity index (χ1) is 12.8. The predicted octanol–water partition coefficient (Wildman–Crippen LogP) is 4.42. The molecule has 1 heterocycles. The van der Waals surface area contributed by atoms with Gasteiger partial charge >= 0.3 is 6.18 Å². The highest BCUT2D eigenvalue weighted by Gasteiger charge is 2.42. The van der Waals surface area contributed by atoms with Crippen LogP contribution in [0.1, 0.15) is 48.7 Å². The number of amides is 1. The van der Waals surface area contributed by atoms with Crippen LogP contribution in [0.3, 0.4) is 0 Å². The molecule has 146 valence electrons. The average Bonchev–Trinajstić information content (AvgIpc) is 3.06. The molecule has 8 heteroatoms. The Kier molecular flexibility index (Phi) is 5.53. The predicted molar refractivity (Wildman–Crippen MR) is 92.2 cm³/mol. The molecule has 0 saturated heterocycles. The van der Waals surface area contributed by atoms with Crippen LogP contribution in [0.2, 0.25) is 0 Å². The first-order valence-corrected chi connectivity index (χ1v) is 9.00. The van der Waals surface area contributed by atoms with E-state index in [0.717, 1.165) is 0 Å². The summed E-state index contributed by atoms with van der Waals surface area (Å²) in [5.74, 6) is -2.17. The Morgan fingerprint density at radius 2 is 1.96 bits per heavy atom. The third-order valence-electron chi connectivity index (χ3n) is 4.99. The van der Waals surface area contributed by atoms with Crippen LogP contribution >= 0.6 is 0 Å². The maximum atomic E-state index is 13.1. The molecule has 2 unspecified atom stereocenters. The lowest BCUT2D eigenvalue weighted by molar-refractivity contribution is -0.183.